The molecule has 1 aliphatic rings. The third kappa shape index (κ3) is 2.95. The van der Waals surface area contributed by atoms with Gasteiger partial charge in [0.05, 0.1) is 0 Å². The molecule has 112 valence electrons. The molecule has 5 nitrogen and oxygen atoms in total. The fourth-order valence-electron chi connectivity index (χ4n) is 2.20. The van der Waals surface area contributed by atoms with Gasteiger partial charge in [0.1, 0.15) is 6.54 Å². The Labute approximate surface area is 114 Å². The van der Waals surface area contributed by atoms with Gasteiger partial charge in [-0.2, -0.15) is 18.3 Å². The number of nitrogens with one attached hydrogen (secondary N) is 1. The predicted octanol–water partition coefficient (Wildman–Crippen LogP) is 0.951. The third-order valence-corrected chi connectivity index (χ3v) is 3.53. The van der Waals surface area contributed by atoms with Crippen LogP contribution in [0.25, 0.3) is 0 Å². The highest BCUT2D eigenvalue weighted by atomic mass is 19.4. The van der Waals surface area contributed by atoms with Crippen LogP contribution in [0, 0.1) is 13.8 Å². The van der Waals surface area contributed by atoms with E-state index in [4.69, 9.17) is 0 Å². The number of amides is 1. The SMILES string of the molecule is Cc1c(C(F)(F)F)nn(CC(=O)N2CCNCC2)c1C. The molecule has 0 unspecified atom stereocenters. The van der Waals surface area contributed by atoms with E-state index >= 15 is 0 Å². The van der Waals surface area contributed by atoms with E-state index in [1.165, 1.54) is 6.92 Å². The second-order valence-electron chi connectivity index (χ2n) is 4.85. The lowest BCUT2D eigenvalue weighted by atomic mass is 10.2. The van der Waals surface area contributed by atoms with E-state index in [0.717, 1.165) is 4.68 Å². The molecule has 0 saturated carbocycles. The molecular weight excluding hydrogens is 273 g/mol. The van der Waals surface area contributed by atoms with Crippen LogP contribution in [0.5, 0.6) is 0 Å². The predicted molar refractivity (Wildman–Crippen MR) is 66.2 cm³/mol. The summed E-state index contributed by atoms with van der Waals surface area (Å²) >= 11 is 0. The lowest BCUT2D eigenvalue weighted by Crippen LogP contribution is -2.47. The number of piperazine rings is 1. The van der Waals surface area contributed by atoms with Crippen molar-refractivity contribution in [1.82, 2.24) is 20.0 Å². The van der Waals surface area contributed by atoms with Crippen LogP contribution < -0.4 is 5.32 Å². The summed E-state index contributed by atoms with van der Waals surface area (Å²) in [7, 11) is 0. The highest BCUT2D eigenvalue weighted by Gasteiger charge is 2.37. The van der Waals surface area contributed by atoms with E-state index in [1.54, 1.807) is 11.8 Å². The molecule has 0 radical (unpaired) electrons. The van der Waals surface area contributed by atoms with E-state index in [9.17, 15) is 18.0 Å². The maximum Gasteiger partial charge on any atom is 0.435 e. The average Bonchev–Trinajstić information content (AvgIpc) is 2.68. The summed E-state index contributed by atoms with van der Waals surface area (Å²) in [6, 6.07) is 0. The van der Waals surface area contributed by atoms with Gasteiger partial charge >= 0.3 is 6.18 Å². The molecule has 0 aromatic carbocycles. The van der Waals surface area contributed by atoms with Gasteiger partial charge in [-0.3, -0.25) is 9.48 Å². The number of carbonyl (C=O) groups is 1. The zero-order valence-electron chi connectivity index (χ0n) is 11.4. The number of alkyl halides is 3. The first kappa shape index (κ1) is 14.8. The van der Waals surface area contributed by atoms with Gasteiger partial charge in [0, 0.05) is 37.4 Å². The van der Waals surface area contributed by atoms with Crippen molar-refractivity contribution >= 4 is 5.91 Å². The van der Waals surface area contributed by atoms with Gasteiger partial charge in [-0.15, -0.1) is 0 Å². The van der Waals surface area contributed by atoms with Gasteiger partial charge in [0.15, 0.2) is 5.69 Å². The Morgan fingerprint density at radius 2 is 1.90 bits per heavy atom. The van der Waals surface area contributed by atoms with Crippen molar-refractivity contribution in [2.24, 2.45) is 0 Å². The Morgan fingerprint density at radius 1 is 1.30 bits per heavy atom. The topological polar surface area (TPSA) is 50.2 Å². The van der Waals surface area contributed by atoms with Gasteiger partial charge < -0.3 is 10.2 Å². The minimum absolute atomic E-state index is 0.0746. The number of nitrogens with zero attached hydrogens (tertiary/aromatic N) is 3. The highest BCUT2D eigenvalue weighted by Crippen LogP contribution is 2.31. The van der Waals surface area contributed by atoms with Crippen molar-refractivity contribution in [1.29, 1.82) is 0 Å². The fourth-order valence-corrected chi connectivity index (χ4v) is 2.20. The van der Waals surface area contributed by atoms with Gasteiger partial charge in [0.2, 0.25) is 5.91 Å². The smallest absolute Gasteiger partial charge is 0.339 e. The molecule has 0 bridgehead atoms. The van der Waals surface area contributed by atoms with Crippen molar-refractivity contribution in [2.75, 3.05) is 26.2 Å². The van der Waals surface area contributed by atoms with Crippen LogP contribution in [0.3, 0.4) is 0 Å². The fraction of sp³-hybridized carbons (Fsp3) is 0.667. The minimum atomic E-state index is -4.49. The van der Waals surface area contributed by atoms with Gasteiger partial charge in [-0.25, -0.2) is 0 Å². The van der Waals surface area contributed by atoms with Crippen LogP contribution >= 0.6 is 0 Å². The molecule has 1 N–H and O–H groups in total. The van der Waals surface area contributed by atoms with Crippen LogP contribution in [0.4, 0.5) is 13.2 Å². The Balaban J connectivity index is 2.15. The molecular formula is C12H17F3N4O. The largest absolute Gasteiger partial charge is 0.435 e. The van der Waals surface area contributed by atoms with Crippen LogP contribution in [-0.2, 0) is 17.5 Å². The molecule has 1 amide bonds. The first-order valence-electron chi connectivity index (χ1n) is 6.40. The van der Waals surface area contributed by atoms with Crippen molar-refractivity contribution in [3.63, 3.8) is 0 Å². The second-order valence-corrected chi connectivity index (χ2v) is 4.85. The van der Waals surface area contributed by atoms with Gasteiger partial charge in [0.25, 0.3) is 0 Å². The van der Waals surface area contributed by atoms with Gasteiger partial charge in [-0.05, 0) is 13.8 Å². The second kappa shape index (κ2) is 5.43. The number of halogens is 3. The first-order valence-corrected chi connectivity index (χ1v) is 6.40. The van der Waals surface area contributed by atoms with E-state index in [2.05, 4.69) is 10.4 Å². The minimum Gasteiger partial charge on any atom is -0.339 e. The summed E-state index contributed by atoms with van der Waals surface area (Å²) in [6.45, 7) is 5.32. The zero-order valence-corrected chi connectivity index (χ0v) is 11.4. The number of hydrogen-bond donors (Lipinski definition) is 1. The molecule has 0 aliphatic carbocycles. The van der Waals surface area contributed by atoms with Crippen LogP contribution in [0.15, 0.2) is 0 Å². The highest BCUT2D eigenvalue weighted by molar-refractivity contribution is 5.76. The molecule has 1 aromatic heterocycles. The number of aromatic nitrogens is 2. The van der Waals surface area contributed by atoms with Crippen molar-refractivity contribution in [3.8, 4) is 0 Å². The molecule has 8 heteroatoms. The Bertz CT molecular complexity index is 504. The summed E-state index contributed by atoms with van der Waals surface area (Å²) in [5.41, 5.74) is -0.463. The van der Waals surface area contributed by atoms with E-state index < -0.39 is 11.9 Å². The quantitative estimate of drug-likeness (QED) is 0.882. The molecule has 1 saturated heterocycles. The lowest BCUT2D eigenvalue weighted by molar-refractivity contribution is -0.142. The van der Waals surface area contributed by atoms with Crippen molar-refractivity contribution < 1.29 is 18.0 Å². The molecule has 1 fully saturated rings. The Morgan fingerprint density at radius 3 is 2.40 bits per heavy atom. The molecule has 1 aliphatic heterocycles. The maximum absolute atomic E-state index is 12.8. The van der Waals surface area contributed by atoms with Crippen molar-refractivity contribution in [3.05, 3.63) is 17.0 Å². The normalized spacial score (nSPS) is 16.6. The summed E-state index contributed by atoms with van der Waals surface area (Å²) in [4.78, 5) is 13.7. The molecule has 0 spiro atoms. The summed E-state index contributed by atoms with van der Waals surface area (Å²) < 4.78 is 39.4. The molecule has 0 atom stereocenters. The van der Waals surface area contributed by atoms with E-state index in [-0.39, 0.29) is 18.0 Å². The Hall–Kier alpha value is -1.57. The monoisotopic (exact) mass is 290 g/mol. The van der Waals surface area contributed by atoms with Crippen molar-refractivity contribution in [2.45, 2.75) is 26.6 Å². The molecule has 1 aromatic rings. The van der Waals surface area contributed by atoms with E-state index in [0.29, 0.717) is 31.9 Å². The summed E-state index contributed by atoms with van der Waals surface area (Å²) in [6.07, 6.45) is -4.49. The lowest BCUT2D eigenvalue weighted by Gasteiger charge is -2.27. The first-order chi connectivity index (χ1) is 9.30. The number of hydrogen-bond acceptors (Lipinski definition) is 3. The molecule has 20 heavy (non-hydrogen) atoms. The summed E-state index contributed by atoms with van der Waals surface area (Å²) in [5.74, 6) is -0.203. The van der Waals surface area contributed by atoms with Crippen LogP contribution in [0.1, 0.15) is 17.0 Å². The average molecular weight is 290 g/mol. The molecule has 2 heterocycles. The number of rotatable bonds is 2. The molecule has 2 rings (SSSR count). The Kier molecular flexibility index (Phi) is 4.03. The standard InChI is InChI=1S/C12H17F3N4O/c1-8-9(2)19(17-11(8)12(13,14)15)7-10(20)18-5-3-16-4-6-18/h16H,3-7H2,1-2H3. The summed E-state index contributed by atoms with van der Waals surface area (Å²) in [5, 5.41) is 6.66. The van der Waals surface area contributed by atoms with Crippen LogP contribution in [-0.4, -0.2) is 46.8 Å². The zero-order chi connectivity index (χ0) is 14.9. The maximum atomic E-state index is 12.8. The van der Waals surface area contributed by atoms with Gasteiger partial charge in [-0.1, -0.05) is 0 Å². The third-order valence-electron chi connectivity index (χ3n) is 3.53. The van der Waals surface area contributed by atoms with Crippen LogP contribution in [0.2, 0.25) is 0 Å². The number of carbonyl (C=O) groups excluding carboxylic acids is 1. The van der Waals surface area contributed by atoms with E-state index in [1.807, 2.05) is 0 Å².